The van der Waals surface area contributed by atoms with Crippen LogP contribution in [0.4, 0.5) is 0 Å². The van der Waals surface area contributed by atoms with Crippen molar-refractivity contribution in [1.29, 1.82) is 0 Å². The molecule has 0 aromatic heterocycles. The minimum atomic E-state index is -1.66. The van der Waals surface area contributed by atoms with Gasteiger partial charge >= 0.3 is 11.9 Å². The van der Waals surface area contributed by atoms with Gasteiger partial charge in [-0.2, -0.15) is 0 Å². The first-order valence-electron chi connectivity index (χ1n) is 2.85. The van der Waals surface area contributed by atoms with Crippen LogP contribution in [0.3, 0.4) is 0 Å². The Labute approximate surface area is 62.8 Å². The van der Waals surface area contributed by atoms with Gasteiger partial charge in [0.05, 0.1) is 18.5 Å². The van der Waals surface area contributed by atoms with Gasteiger partial charge in [0.25, 0.3) is 0 Å². The first-order chi connectivity index (χ1) is 4.83. The molecule has 0 fully saturated rings. The van der Waals surface area contributed by atoms with Crippen LogP contribution in [0.15, 0.2) is 0 Å². The Morgan fingerprint density at radius 2 is 1.36 bits per heavy atom. The monoisotopic (exact) mass is 162 g/mol. The van der Waals surface area contributed by atoms with Gasteiger partial charge in [-0.25, -0.2) is 0 Å². The standard InChI is InChI=1S/C5H10N2O4/c6-5(7,1-3(8)9)2-4(10)11/h1-2,6-7H2,(H,8,9)(H,10,11). The third-order valence-corrected chi connectivity index (χ3v) is 0.961. The Balaban J connectivity index is 3.99. The van der Waals surface area contributed by atoms with Crippen LogP contribution in [-0.2, 0) is 9.59 Å². The number of carboxylic acids is 2. The van der Waals surface area contributed by atoms with Gasteiger partial charge in [0, 0.05) is 0 Å². The molecule has 6 heteroatoms. The molecule has 0 aromatic carbocycles. The highest BCUT2D eigenvalue weighted by Gasteiger charge is 2.25. The molecular weight excluding hydrogens is 152 g/mol. The van der Waals surface area contributed by atoms with E-state index in [1.807, 2.05) is 0 Å². The molecule has 0 saturated carbocycles. The maximum Gasteiger partial charge on any atom is 0.306 e. The Morgan fingerprint density at radius 3 is 1.55 bits per heavy atom. The lowest BCUT2D eigenvalue weighted by molar-refractivity contribution is -0.141. The molecule has 0 aliphatic heterocycles. The van der Waals surface area contributed by atoms with Crippen LogP contribution < -0.4 is 11.5 Å². The molecule has 6 nitrogen and oxygen atoms in total. The SMILES string of the molecule is NC(N)(CC(=O)O)CC(=O)O. The highest BCUT2D eigenvalue weighted by atomic mass is 16.4. The van der Waals surface area contributed by atoms with Crippen molar-refractivity contribution in [3.8, 4) is 0 Å². The molecule has 0 radical (unpaired) electrons. The summed E-state index contributed by atoms with van der Waals surface area (Å²) in [5.74, 6) is -2.42. The number of hydrogen-bond donors (Lipinski definition) is 4. The Hall–Kier alpha value is -1.14. The smallest absolute Gasteiger partial charge is 0.306 e. The third kappa shape index (κ3) is 5.31. The minimum absolute atomic E-state index is 0.556. The summed E-state index contributed by atoms with van der Waals surface area (Å²) >= 11 is 0. The van der Waals surface area contributed by atoms with Gasteiger partial charge in [-0.3, -0.25) is 9.59 Å². The summed E-state index contributed by atoms with van der Waals surface area (Å²) in [7, 11) is 0. The van der Waals surface area contributed by atoms with Crippen molar-refractivity contribution < 1.29 is 19.8 Å². The summed E-state index contributed by atoms with van der Waals surface area (Å²) < 4.78 is 0. The molecule has 0 aliphatic rings. The zero-order valence-electron chi connectivity index (χ0n) is 5.78. The Kier molecular flexibility index (Phi) is 2.97. The lowest BCUT2D eigenvalue weighted by Crippen LogP contribution is -2.52. The van der Waals surface area contributed by atoms with Crippen molar-refractivity contribution in [2.24, 2.45) is 11.5 Å². The van der Waals surface area contributed by atoms with Gasteiger partial charge in [-0.1, -0.05) is 0 Å². The molecular formula is C5H10N2O4. The van der Waals surface area contributed by atoms with E-state index in [2.05, 4.69) is 0 Å². The highest BCUT2D eigenvalue weighted by molar-refractivity contribution is 5.72. The second-order valence-corrected chi connectivity index (χ2v) is 2.37. The van der Waals surface area contributed by atoms with Crippen LogP contribution in [0.25, 0.3) is 0 Å². The zero-order valence-corrected chi connectivity index (χ0v) is 5.78. The largest absolute Gasteiger partial charge is 0.481 e. The van der Waals surface area contributed by atoms with Crippen molar-refractivity contribution in [3.05, 3.63) is 0 Å². The van der Waals surface area contributed by atoms with Gasteiger partial charge in [0.15, 0.2) is 0 Å². The number of hydrogen-bond acceptors (Lipinski definition) is 4. The predicted molar refractivity (Wildman–Crippen MR) is 35.6 cm³/mol. The van der Waals surface area contributed by atoms with E-state index >= 15 is 0 Å². The fraction of sp³-hybridized carbons (Fsp3) is 0.600. The summed E-state index contributed by atoms with van der Waals surface area (Å²) in [6.07, 6.45) is -1.11. The molecule has 0 unspecified atom stereocenters. The predicted octanol–water partition coefficient (Wildman–Crippen LogP) is -1.45. The molecule has 0 atom stereocenters. The van der Waals surface area contributed by atoms with Gasteiger partial charge < -0.3 is 21.7 Å². The van der Waals surface area contributed by atoms with Gasteiger partial charge in [0.1, 0.15) is 0 Å². The number of carbonyl (C=O) groups is 2. The van der Waals surface area contributed by atoms with E-state index < -0.39 is 30.4 Å². The molecule has 0 amide bonds. The molecule has 0 spiro atoms. The highest BCUT2D eigenvalue weighted by Crippen LogP contribution is 2.03. The summed E-state index contributed by atoms with van der Waals surface area (Å²) in [5.41, 5.74) is 8.61. The number of aliphatic carboxylic acids is 2. The van der Waals surface area contributed by atoms with E-state index in [-0.39, 0.29) is 0 Å². The molecule has 0 aromatic rings. The van der Waals surface area contributed by atoms with E-state index in [1.54, 1.807) is 0 Å². The maximum absolute atomic E-state index is 10.0. The summed E-state index contributed by atoms with van der Waals surface area (Å²) in [4.78, 5) is 20.1. The van der Waals surface area contributed by atoms with Gasteiger partial charge in [-0.05, 0) is 0 Å². The topological polar surface area (TPSA) is 127 Å². The van der Waals surface area contributed by atoms with Crippen LogP contribution in [0.5, 0.6) is 0 Å². The number of carboxylic acid groups (broad SMARTS) is 2. The fourth-order valence-electron chi connectivity index (χ4n) is 0.626. The summed E-state index contributed by atoms with van der Waals surface area (Å²) in [5, 5.41) is 16.4. The van der Waals surface area contributed by atoms with Gasteiger partial charge in [0.2, 0.25) is 0 Å². The minimum Gasteiger partial charge on any atom is -0.481 e. The Bertz CT molecular complexity index is 159. The summed E-state index contributed by atoms with van der Waals surface area (Å²) in [6.45, 7) is 0. The average Bonchev–Trinajstić information content (AvgIpc) is 1.53. The lowest BCUT2D eigenvalue weighted by Gasteiger charge is -2.19. The fourth-order valence-corrected chi connectivity index (χ4v) is 0.626. The molecule has 0 rings (SSSR count). The second kappa shape index (κ2) is 3.31. The van der Waals surface area contributed by atoms with Crippen LogP contribution in [0, 0.1) is 0 Å². The van der Waals surface area contributed by atoms with E-state index in [4.69, 9.17) is 21.7 Å². The van der Waals surface area contributed by atoms with Crippen molar-refractivity contribution in [2.45, 2.75) is 18.5 Å². The maximum atomic E-state index is 10.0. The molecule has 0 heterocycles. The van der Waals surface area contributed by atoms with E-state index in [0.29, 0.717) is 0 Å². The molecule has 0 bridgehead atoms. The van der Waals surface area contributed by atoms with E-state index in [9.17, 15) is 9.59 Å². The molecule has 6 N–H and O–H groups in total. The normalized spacial score (nSPS) is 11.1. The van der Waals surface area contributed by atoms with E-state index in [0.717, 1.165) is 0 Å². The zero-order chi connectivity index (χ0) is 9.07. The lowest BCUT2D eigenvalue weighted by atomic mass is 10.1. The molecule has 0 aliphatic carbocycles. The average molecular weight is 162 g/mol. The van der Waals surface area contributed by atoms with Crippen molar-refractivity contribution in [2.75, 3.05) is 0 Å². The molecule has 0 saturated heterocycles. The van der Waals surface area contributed by atoms with Crippen molar-refractivity contribution in [3.63, 3.8) is 0 Å². The third-order valence-electron chi connectivity index (χ3n) is 0.961. The molecule has 11 heavy (non-hydrogen) atoms. The quantitative estimate of drug-likeness (QED) is 0.374. The number of nitrogens with two attached hydrogens (primary N) is 2. The summed E-state index contributed by atoms with van der Waals surface area (Å²) in [6, 6.07) is 0. The van der Waals surface area contributed by atoms with Crippen LogP contribution in [0.1, 0.15) is 12.8 Å². The van der Waals surface area contributed by atoms with E-state index in [1.165, 1.54) is 0 Å². The van der Waals surface area contributed by atoms with Crippen molar-refractivity contribution in [1.82, 2.24) is 0 Å². The Morgan fingerprint density at radius 1 is 1.09 bits per heavy atom. The first-order valence-corrected chi connectivity index (χ1v) is 2.85. The molecule has 64 valence electrons. The van der Waals surface area contributed by atoms with Crippen LogP contribution in [-0.4, -0.2) is 27.8 Å². The van der Waals surface area contributed by atoms with Crippen LogP contribution >= 0.6 is 0 Å². The number of rotatable bonds is 4. The second-order valence-electron chi connectivity index (χ2n) is 2.37. The van der Waals surface area contributed by atoms with Gasteiger partial charge in [-0.15, -0.1) is 0 Å². The van der Waals surface area contributed by atoms with Crippen molar-refractivity contribution >= 4 is 11.9 Å². The van der Waals surface area contributed by atoms with Crippen LogP contribution in [0.2, 0.25) is 0 Å². The first kappa shape index (κ1) is 9.86.